The number of oxime groups is 1. The first-order valence-corrected chi connectivity index (χ1v) is 7.56. The van der Waals surface area contributed by atoms with Crippen LogP contribution < -0.4 is 11.1 Å². The number of hydrogen-bond donors (Lipinski definition) is 3. The van der Waals surface area contributed by atoms with E-state index in [9.17, 15) is 4.39 Å². The molecule has 1 aromatic carbocycles. The average Bonchev–Trinajstić information content (AvgIpc) is 2.98. The second kappa shape index (κ2) is 7.19. The fraction of sp³-hybridized carbons (Fsp3) is 0.267. The predicted molar refractivity (Wildman–Crippen MR) is 83.2 cm³/mol. The van der Waals surface area contributed by atoms with E-state index in [-0.39, 0.29) is 17.4 Å². The molecule has 0 aliphatic carbocycles. The fourth-order valence-corrected chi connectivity index (χ4v) is 2.77. The summed E-state index contributed by atoms with van der Waals surface area (Å²) >= 11 is 1.67. The lowest BCUT2D eigenvalue weighted by Gasteiger charge is -2.14. The zero-order valence-corrected chi connectivity index (χ0v) is 12.5. The number of nitrogens with zero attached hydrogens (tertiary/aromatic N) is 1. The van der Waals surface area contributed by atoms with E-state index in [0.717, 1.165) is 6.42 Å². The molecule has 1 atom stereocenters. The van der Waals surface area contributed by atoms with Crippen LogP contribution in [0.5, 0.6) is 0 Å². The lowest BCUT2D eigenvalue weighted by molar-refractivity contribution is 0.318. The van der Waals surface area contributed by atoms with Gasteiger partial charge in [0.25, 0.3) is 0 Å². The van der Waals surface area contributed by atoms with Crippen molar-refractivity contribution in [1.82, 2.24) is 5.32 Å². The van der Waals surface area contributed by atoms with Gasteiger partial charge in [0, 0.05) is 18.2 Å². The molecule has 0 fully saturated rings. The Morgan fingerprint density at radius 2 is 2.29 bits per heavy atom. The zero-order chi connectivity index (χ0) is 15.2. The highest BCUT2D eigenvalue weighted by Crippen LogP contribution is 2.14. The van der Waals surface area contributed by atoms with E-state index in [1.165, 1.54) is 11.6 Å². The Hall–Kier alpha value is -1.92. The van der Waals surface area contributed by atoms with Crippen molar-refractivity contribution in [1.29, 1.82) is 0 Å². The summed E-state index contributed by atoms with van der Waals surface area (Å²) in [6.45, 7) is 2.45. The third-order valence-electron chi connectivity index (χ3n) is 3.23. The summed E-state index contributed by atoms with van der Waals surface area (Å²) < 4.78 is 14.2. The first-order chi connectivity index (χ1) is 10.1. The van der Waals surface area contributed by atoms with Gasteiger partial charge >= 0.3 is 0 Å². The Bertz CT molecular complexity index is 613. The molecule has 4 N–H and O–H groups in total. The predicted octanol–water partition coefficient (Wildman–Crippen LogP) is 2.70. The molecule has 0 spiro atoms. The van der Waals surface area contributed by atoms with E-state index in [2.05, 4.69) is 28.8 Å². The maximum Gasteiger partial charge on any atom is 0.173 e. The Morgan fingerprint density at radius 3 is 2.95 bits per heavy atom. The van der Waals surface area contributed by atoms with Crippen molar-refractivity contribution >= 4 is 17.2 Å². The SMILES string of the molecule is CC(Cc1ccsc1)NCc1cccc(/C(N)=N/O)c1F. The minimum absolute atomic E-state index is 0.113. The number of halogens is 1. The average molecular weight is 307 g/mol. The second-order valence-corrected chi connectivity index (χ2v) is 5.66. The number of amidine groups is 1. The van der Waals surface area contributed by atoms with Gasteiger partial charge in [0.2, 0.25) is 0 Å². The van der Waals surface area contributed by atoms with E-state index in [1.807, 2.05) is 5.38 Å². The van der Waals surface area contributed by atoms with Crippen LogP contribution >= 0.6 is 11.3 Å². The molecule has 0 aliphatic heterocycles. The summed E-state index contributed by atoms with van der Waals surface area (Å²) in [6, 6.07) is 7.18. The van der Waals surface area contributed by atoms with Crippen LogP contribution in [0.4, 0.5) is 4.39 Å². The Morgan fingerprint density at radius 1 is 1.48 bits per heavy atom. The van der Waals surface area contributed by atoms with Crippen LogP contribution in [0, 0.1) is 5.82 Å². The molecule has 6 heteroatoms. The monoisotopic (exact) mass is 307 g/mol. The van der Waals surface area contributed by atoms with Crippen molar-refractivity contribution in [2.45, 2.75) is 25.9 Å². The number of benzene rings is 1. The second-order valence-electron chi connectivity index (χ2n) is 4.88. The molecule has 1 aromatic heterocycles. The quantitative estimate of drug-likeness (QED) is 0.332. The maximum absolute atomic E-state index is 14.2. The van der Waals surface area contributed by atoms with E-state index >= 15 is 0 Å². The summed E-state index contributed by atoms with van der Waals surface area (Å²) in [7, 11) is 0. The highest BCUT2D eigenvalue weighted by Gasteiger charge is 2.12. The molecular formula is C15H18FN3OS. The van der Waals surface area contributed by atoms with Crippen LogP contribution in [0.3, 0.4) is 0 Å². The molecule has 2 aromatic rings. The summed E-state index contributed by atoms with van der Waals surface area (Å²) in [5, 5.41) is 18.9. The molecule has 0 aliphatic rings. The molecule has 21 heavy (non-hydrogen) atoms. The van der Waals surface area contributed by atoms with Gasteiger partial charge < -0.3 is 16.3 Å². The topological polar surface area (TPSA) is 70.6 Å². The molecule has 1 heterocycles. The Labute approximate surface area is 127 Å². The smallest absolute Gasteiger partial charge is 0.173 e. The van der Waals surface area contributed by atoms with Gasteiger partial charge in [0.1, 0.15) is 5.82 Å². The minimum Gasteiger partial charge on any atom is -0.409 e. The van der Waals surface area contributed by atoms with Crippen molar-refractivity contribution in [3.05, 3.63) is 57.5 Å². The highest BCUT2D eigenvalue weighted by molar-refractivity contribution is 7.07. The third kappa shape index (κ3) is 4.03. The molecule has 0 bridgehead atoms. The molecule has 0 saturated heterocycles. The minimum atomic E-state index is -0.456. The van der Waals surface area contributed by atoms with Gasteiger partial charge in [-0.15, -0.1) is 0 Å². The number of rotatable bonds is 6. The van der Waals surface area contributed by atoms with Crippen LogP contribution in [0.15, 0.2) is 40.2 Å². The lowest BCUT2D eigenvalue weighted by atomic mass is 10.1. The molecule has 4 nitrogen and oxygen atoms in total. The molecular weight excluding hydrogens is 289 g/mol. The Kier molecular flexibility index (Phi) is 5.30. The van der Waals surface area contributed by atoms with E-state index in [4.69, 9.17) is 10.9 Å². The zero-order valence-electron chi connectivity index (χ0n) is 11.7. The van der Waals surface area contributed by atoms with E-state index in [1.54, 1.807) is 23.5 Å². The van der Waals surface area contributed by atoms with Gasteiger partial charge in [-0.2, -0.15) is 11.3 Å². The first-order valence-electron chi connectivity index (χ1n) is 6.61. The summed E-state index contributed by atoms with van der Waals surface area (Å²) in [5.41, 5.74) is 7.33. The fourth-order valence-electron chi connectivity index (χ4n) is 2.09. The van der Waals surface area contributed by atoms with Gasteiger partial charge in [-0.3, -0.25) is 0 Å². The van der Waals surface area contributed by atoms with Crippen LogP contribution in [-0.4, -0.2) is 17.1 Å². The molecule has 1 unspecified atom stereocenters. The summed E-state index contributed by atoms with van der Waals surface area (Å²) in [5.74, 6) is -0.677. The normalized spacial score (nSPS) is 13.3. The molecule has 0 saturated carbocycles. The van der Waals surface area contributed by atoms with Crippen molar-refractivity contribution in [2.75, 3.05) is 0 Å². The van der Waals surface area contributed by atoms with Crippen molar-refractivity contribution in [3.8, 4) is 0 Å². The number of nitrogens with one attached hydrogen (secondary N) is 1. The summed E-state index contributed by atoms with van der Waals surface area (Å²) in [4.78, 5) is 0. The van der Waals surface area contributed by atoms with Gasteiger partial charge in [0.15, 0.2) is 5.84 Å². The van der Waals surface area contributed by atoms with Gasteiger partial charge in [-0.05, 0) is 41.8 Å². The van der Waals surface area contributed by atoms with E-state index in [0.29, 0.717) is 12.1 Å². The van der Waals surface area contributed by atoms with Gasteiger partial charge in [-0.1, -0.05) is 17.3 Å². The van der Waals surface area contributed by atoms with E-state index < -0.39 is 5.82 Å². The number of hydrogen-bond acceptors (Lipinski definition) is 4. The summed E-state index contributed by atoms with van der Waals surface area (Å²) in [6.07, 6.45) is 0.894. The Balaban J connectivity index is 2.00. The molecule has 0 radical (unpaired) electrons. The van der Waals surface area contributed by atoms with Gasteiger partial charge in [-0.25, -0.2) is 4.39 Å². The van der Waals surface area contributed by atoms with Crippen LogP contribution in [-0.2, 0) is 13.0 Å². The van der Waals surface area contributed by atoms with Crippen molar-refractivity contribution < 1.29 is 9.60 Å². The van der Waals surface area contributed by atoms with Gasteiger partial charge in [0.05, 0.1) is 5.56 Å². The maximum atomic E-state index is 14.2. The number of thiophene rings is 1. The third-order valence-corrected chi connectivity index (χ3v) is 3.96. The standard InChI is InChI=1S/C15H18FN3OS/c1-10(7-11-5-6-21-9-11)18-8-12-3-2-4-13(14(12)16)15(17)19-20/h2-6,9-10,18,20H,7-8H2,1H3,(H2,17,19). The van der Waals surface area contributed by atoms with Crippen LogP contribution in [0.1, 0.15) is 23.6 Å². The van der Waals surface area contributed by atoms with Crippen molar-refractivity contribution in [2.24, 2.45) is 10.9 Å². The number of nitrogens with two attached hydrogens (primary N) is 1. The molecule has 2 rings (SSSR count). The van der Waals surface area contributed by atoms with Crippen LogP contribution in [0.2, 0.25) is 0 Å². The van der Waals surface area contributed by atoms with Crippen LogP contribution in [0.25, 0.3) is 0 Å². The first kappa shape index (κ1) is 15.5. The molecule has 112 valence electrons. The largest absolute Gasteiger partial charge is 0.409 e. The molecule has 0 amide bonds. The van der Waals surface area contributed by atoms with Crippen molar-refractivity contribution in [3.63, 3.8) is 0 Å². The highest BCUT2D eigenvalue weighted by atomic mass is 32.1. The lowest BCUT2D eigenvalue weighted by Crippen LogP contribution is -2.28.